The number of piperidine rings is 1. The molecule has 9 heteroatoms. The second kappa shape index (κ2) is 6.64. The first-order chi connectivity index (χ1) is 12.6. The smallest absolute Gasteiger partial charge is 0.272 e. The predicted octanol–water partition coefficient (Wildman–Crippen LogP) is 2.11. The molecule has 1 amide bonds. The molecule has 0 unspecified atom stereocenters. The van der Waals surface area contributed by atoms with E-state index in [4.69, 9.17) is 0 Å². The Kier molecular flexibility index (Phi) is 4.31. The van der Waals surface area contributed by atoms with Crippen molar-refractivity contribution in [3.05, 3.63) is 44.4 Å². The Morgan fingerprint density at radius 1 is 1.38 bits per heavy atom. The van der Waals surface area contributed by atoms with Crippen LogP contribution >= 0.6 is 11.5 Å². The number of carbonyl (C=O) groups is 1. The lowest BCUT2D eigenvalue weighted by molar-refractivity contribution is 0.0610. The molecule has 1 saturated heterocycles. The van der Waals surface area contributed by atoms with Gasteiger partial charge in [0.25, 0.3) is 11.5 Å². The van der Waals surface area contributed by atoms with Gasteiger partial charge in [-0.05, 0) is 44.1 Å². The third-order valence-electron chi connectivity index (χ3n) is 4.85. The predicted molar refractivity (Wildman–Crippen MR) is 97.5 cm³/mol. The Balaban J connectivity index is 1.73. The highest BCUT2D eigenvalue weighted by molar-refractivity contribution is 7.07. The summed E-state index contributed by atoms with van der Waals surface area (Å²) in [5, 5.41) is 7.10. The van der Waals surface area contributed by atoms with Crippen molar-refractivity contribution >= 4 is 23.1 Å². The van der Waals surface area contributed by atoms with E-state index in [-0.39, 0.29) is 17.5 Å². The number of aryl methyl sites for hydroxylation is 2. The number of nitrogens with one attached hydrogen (secondary N) is 1. The van der Waals surface area contributed by atoms with Gasteiger partial charge in [0, 0.05) is 24.4 Å². The summed E-state index contributed by atoms with van der Waals surface area (Å²) in [5.41, 5.74) is 2.73. The van der Waals surface area contributed by atoms with Gasteiger partial charge in [0.05, 0.1) is 17.4 Å². The molecule has 1 aliphatic heterocycles. The topological polar surface area (TPSA) is 96.2 Å². The number of amides is 1. The zero-order valence-electron chi connectivity index (χ0n) is 14.7. The lowest BCUT2D eigenvalue weighted by Gasteiger charge is -2.34. The minimum Gasteiger partial charge on any atom is -0.329 e. The Morgan fingerprint density at radius 2 is 2.23 bits per heavy atom. The van der Waals surface area contributed by atoms with Crippen LogP contribution in [0.25, 0.3) is 5.65 Å². The van der Waals surface area contributed by atoms with Gasteiger partial charge in [-0.3, -0.25) is 14.7 Å². The van der Waals surface area contributed by atoms with Gasteiger partial charge in [0.15, 0.2) is 5.65 Å². The molecule has 1 aliphatic rings. The molecule has 0 radical (unpaired) electrons. The second-order valence-electron chi connectivity index (χ2n) is 6.54. The Morgan fingerprint density at radius 3 is 2.96 bits per heavy atom. The van der Waals surface area contributed by atoms with Crippen LogP contribution < -0.4 is 5.56 Å². The van der Waals surface area contributed by atoms with E-state index in [0.717, 1.165) is 42.2 Å². The number of nitrogens with zero attached hydrogens (tertiary/aromatic N) is 5. The van der Waals surface area contributed by atoms with E-state index >= 15 is 0 Å². The molecule has 1 fully saturated rings. The van der Waals surface area contributed by atoms with Crippen LogP contribution in [0.15, 0.2) is 16.9 Å². The number of H-pyrrole nitrogens is 1. The second-order valence-corrected chi connectivity index (χ2v) is 7.30. The Bertz CT molecular complexity index is 1020. The molecule has 3 aromatic rings. The maximum Gasteiger partial charge on any atom is 0.272 e. The normalized spacial score (nSPS) is 17.8. The molecule has 0 aliphatic carbocycles. The van der Waals surface area contributed by atoms with Gasteiger partial charge >= 0.3 is 0 Å². The van der Waals surface area contributed by atoms with E-state index in [9.17, 15) is 9.59 Å². The van der Waals surface area contributed by atoms with Crippen molar-refractivity contribution < 1.29 is 4.79 Å². The van der Waals surface area contributed by atoms with Crippen molar-refractivity contribution in [2.75, 3.05) is 6.54 Å². The summed E-state index contributed by atoms with van der Waals surface area (Å²) < 4.78 is 5.33. The van der Waals surface area contributed by atoms with Crippen LogP contribution in [0.4, 0.5) is 0 Å². The lowest BCUT2D eigenvalue weighted by atomic mass is 9.99. The van der Waals surface area contributed by atoms with Gasteiger partial charge in [-0.15, -0.1) is 5.10 Å². The van der Waals surface area contributed by atoms with E-state index in [2.05, 4.69) is 19.7 Å². The van der Waals surface area contributed by atoms with Crippen molar-refractivity contribution in [1.82, 2.24) is 29.1 Å². The van der Waals surface area contributed by atoms with Crippen LogP contribution in [0.1, 0.15) is 59.0 Å². The molecule has 0 aromatic carbocycles. The maximum atomic E-state index is 13.0. The summed E-state index contributed by atoms with van der Waals surface area (Å²) >= 11 is 1.13. The average Bonchev–Trinajstić information content (AvgIpc) is 3.27. The van der Waals surface area contributed by atoms with Gasteiger partial charge in [0.2, 0.25) is 0 Å². The molecule has 8 nitrogen and oxygen atoms in total. The Labute approximate surface area is 154 Å². The molecule has 4 heterocycles. The highest BCUT2D eigenvalue weighted by Gasteiger charge is 2.32. The van der Waals surface area contributed by atoms with Gasteiger partial charge in [-0.25, -0.2) is 9.50 Å². The third-order valence-corrected chi connectivity index (χ3v) is 5.67. The van der Waals surface area contributed by atoms with Crippen molar-refractivity contribution in [2.24, 2.45) is 0 Å². The summed E-state index contributed by atoms with van der Waals surface area (Å²) in [6, 6.07) is 3.32. The molecule has 0 bridgehead atoms. The number of likely N-dealkylation sites (tertiary alicyclic amines) is 1. The Hall–Kier alpha value is -2.55. The first kappa shape index (κ1) is 16.9. The summed E-state index contributed by atoms with van der Waals surface area (Å²) in [7, 11) is 0. The molecular formula is C17H20N6O2S. The quantitative estimate of drug-likeness (QED) is 0.760. The van der Waals surface area contributed by atoms with E-state index in [1.165, 1.54) is 4.52 Å². The largest absolute Gasteiger partial charge is 0.329 e. The van der Waals surface area contributed by atoms with Gasteiger partial charge in [-0.1, -0.05) is 11.4 Å². The number of hydrogen-bond acceptors (Lipinski definition) is 6. The lowest BCUT2D eigenvalue weighted by Crippen LogP contribution is -2.38. The highest BCUT2D eigenvalue weighted by Crippen LogP contribution is 2.32. The molecule has 136 valence electrons. The fourth-order valence-electron chi connectivity index (χ4n) is 3.47. The molecule has 1 atom stereocenters. The average molecular weight is 372 g/mol. The number of aromatic nitrogens is 5. The van der Waals surface area contributed by atoms with Crippen LogP contribution in [-0.2, 0) is 6.42 Å². The molecule has 0 saturated carbocycles. The summed E-state index contributed by atoms with van der Waals surface area (Å²) in [6.07, 6.45) is 3.55. The number of hydrogen-bond donors (Lipinski definition) is 1. The summed E-state index contributed by atoms with van der Waals surface area (Å²) in [6.45, 7) is 4.45. The summed E-state index contributed by atoms with van der Waals surface area (Å²) in [4.78, 5) is 32.3. The summed E-state index contributed by atoms with van der Waals surface area (Å²) in [5.74, 6) is -0.0459. The van der Waals surface area contributed by atoms with E-state index in [1.807, 2.05) is 17.9 Å². The maximum absolute atomic E-state index is 13.0. The standard InChI is InChI=1S/C17H20N6O2S/c1-3-11-8-15(24)23-14(18-11)9-12(20-23)13-6-4-5-7-22(13)17(25)16-10(2)19-21-26-16/h8-9,13,20H,3-7H2,1-2H3/t13-/m0/s1. The molecule has 3 aromatic heterocycles. The van der Waals surface area contributed by atoms with Gasteiger partial charge < -0.3 is 4.90 Å². The van der Waals surface area contributed by atoms with Crippen LogP contribution in [0.3, 0.4) is 0 Å². The molecule has 4 rings (SSSR count). The van der Waals surface area contributed by atoms with E-state index < -0.39 is 0 Å². The van der Waals surface area contributed by atoms with Crippen LogP contribution in [0.5, 0.6) is 0 Å². The van der Waals surface area contributed by atoms with Crippen molar-refractivity contribution in [3.8, 4) is 0 Å². The van der Waals surface area contributed by atoms with Crippen LogP contribution in [0.2, 0.25) is 0 Å². The van der Waals surface area contributed by atoms with E-state index in [1.54, 1.807) is 13.0 Å². The monoisotopic (exact) mass is 372 g/mol. The highest BCUT2D eigenvalue weighted by atomic mass is 32.1. The van der Waals surface area contributed by atoms with Gasteiger partial charge in [0.1, 0.15) is 4.88 Å². The number of carbonyl (C=O) groups excluding carboxylic acids is 1. The van der Waals surface area contributed by atoms with Gasteiger partial charge in [-0.2, -0.15) is 0 Å². The van der Waals surface area contributed by atoms with Crippen molar-refractivity contribution in [3.63, 3.8) is 0 Å². The minimum absolute atomic E-state index is 0.0459. The number of rotatable bonds is 3. The van der Waals surface area contributed by atoms with Crippen molar-refractivity contribution in [2.45, 2.75) is 45.6 Å². The fraction of sp³-hybridized carbons (Fsp3) is 0.471. The zero-order chi connectivity index (χ0) is 18.3. The SMILES string of the molecule is CCc1cc(=O)n2[nH]c([C@@H]3CCCCN3C(=O)c3snnc3C)cc2n1. The van der Waals surface area contributed by atoms with Crippen LogP contribution in [0, 0.1) is 6.92 Å². The first-order valence-electron chi connectivity index (χ1n) is 8.80. The third kappa shape index (κ3) is 2.82. The van der Waals surface area contributed by atoms with E-state index in [0.29, 0.717) is 29.2 Å². The molecular weight excluding hydrogens is 352 g/mol. The first-order valence-corrected chi connectivity index (χ1v) is 9.57. The minimum atomic E-state index is -0.130. The fourth-order valence-corrected chi connectivity index (χ4v) is 4.08. The molecule has 0 spiro atoms. The number of fused-ring (bicyclic) bond motifs is 1. The van der Waals surface area contributed by atoms with Crippen LogP contribution in [-0.4, -0.2) is 41.5 Å². The zero-order valence-corrected chi connectivity index (χ0v) is 15.5. The molecule has 26 heavy (non-hydrogen) atoms. The number of aromatic amines is 1. The molecule has 1 N–H and O–H groups in total. The van der Waals surface area contributed by atoms with Crippen molar-refractivity contribution in [1.29, 1.82) is 0 Å².